The van der Waals surface area contributed by atoms with E-state index >= 15 is 0 Å². The number of aromatic nitrogens is 1. The standard InChI is InChI=1S/C12H13BrN2O4/c13-8-1-2-10(17)15(5-8)6-9(16)14-7-12(3-4-12)11(18)19/h1-2,5H,3-4,6-7H2,(H,14,16)(H,18,19). The smallest absolute Gasteiger partial charge is 0.311 e. The Morgan fingerprint density at radius 2 is 2.11 bits per heavy atom. The van der Waals surface area contributed by atoms with Crippen molar-refractivity contribution in [3.63, 3.8) is 0 Å². The van der Waals surface area contributed by atoms with Gasteiger partial charge in [0.05, 0.1) is 5.41 Å². The summed E-state index contributed by atoms with van der Waals surface area (Å²) in [7, 11) is 0. The van der Waals surface area contributed by atoms with Crippen molar-refractivity contribution >= 4 is 27.8 Å². The van der Waals surface area contributed by atoms with E-state index in [1.165, 1.54) is 16.8 Å². The van der Waals surface area contributed by atoms with Crippen molar-refractivity contribution in [2.75, 3.05) is 6.54 Å². The average molecular weight is 329 g/mol. The lowest BCUT2D eigenvalue weighted by Crippen LogP contribution is -2.37. The van der Waals surface area contributed by atoms with Crippen LogP contribution in [-0.2, 0) is 16.1 Å². The van der Waals surface area contributed by atoms with Gasteiger partial charge in [0.25, 0.3) is 5.56 Å². The molecule has 1 aliphatic rings. The highest BCUT2D eigenvalue weighted by molar-refractivity contribution is 9.10. The van der Waals surface area contributed by atoms with E-state index in [4.69, 9.17) is 5.11 Å². The molecular weight excluding hydrogens is 316 g/mol. The average Bonchev–Trinajstić information content (AvgIpc) is 3.12. The van der Waals surface area contributed by atoms with Crippen LogP contribution in [-0.4, -0.2) is 28.1 Å². The number of carbonyl (C=O) groups is 2. The van der Waals surface area contributed by atoms with Crippen molar-refractivity contribution in [2.45, 2.75) is 19.4 Å². The third kappa shape index (κ3) is 3.23. The van der Waals surface area contributed by atoms with E-state index in [0.717, 1.165) is 0 Å². The van der Waals surface area contributed by atoms with E-state index in [-0.39, 0.29) is 24.6 Å². The zero-order valence-electron chi connectivity index (χ0n) is 10.1. The summed E-state index contributed by atoms with van der Waals surface area (Å²) in [5.41, 5.74) is -1.07. The first-order chi connectivity index (χ1) is 8.93. The number of pyridine rings is 1. The molecule has 0 spiro atoms. The maximum absolute atomic E-state index is 11.7. The Hall–Kier alpha value is -1.63. The van der Waals surface area contributed by atoms with E-state index in [1.807, 2.05) is 0 Å². The summed E-state index contributed by atoms with van der Waals surface area (Å²) in [6.07, 6.45) is 2.69. The van der Waals surface area contributed by atoms with Gasteiger partial charge in [-0.25, -0.2) is 0 Å². The largest absolute Gasteiger partial charge is 0.481 e. The number of carboxylic acid groups (broad SMARTS) is 1. The molecule has 1 saturated carbocycles. The predicted octanol–water partition coefficient (Wildman–Crippen LogP) is 0.592. The molecule has 1 fully saturated rings. The SMILES string of the molecule is O=C(Cn1cc(Br)ccc1=O)NCC1(C(=O)O)CC1. The van der Waals surface area contributed by atoms with Crippen molar-refractivity contribution in [3.05, 3.63) is 33.2 Å². The van der Waals surface area contributed by atoms with Crippen LogP contribution in [0.4, 0.5) is 0 Å². The number of amides is 1. The Labute approximate surface area is 117 Å². The molecule has 0 atom stereocenters. The number of hydrogen-bond donors (Lipinski definition) is 2. The first kappa shape index (κ1) is 13.8. The van der Waals surface area contributed by atoms with Gasteiger partial charge in [-0.2, -0.15) is 0 Å². The third-order valence-corrected chi connectivity index (χ3v) is 3.66. The number of rotatable bonds is 5. The maximum atomic E-state index is 11.7. The molecule has 7 heteroatoms. The zero-order valence-corrected chi connectivity index (χ0v) is 11.6. The summed E-state index contributed by atoms with van der Waals surface area (Å²) >= 11 is 3.22. The molecule has 1 aromatic heterocycles. The van der Waals surface area contributed by atoms with Crippen molar-refractivity contribution in [1.82, 2.24) is 9.88 Å². The minimum Gasteiger partial charge on any atom is -0.481 e. The van der Waals surface area contributed by atoms with Crippen LogP contribution < -0.4 is 10.9 Å². The normalized spacial score (nSPS) is 15.8. The second kappa shape index (κ2) is 5.16. The van der Waals surface area contributed by atoms with Crippen LogP contribution in [0.25, 0.3) is 0 Å². The molecule has 1 amide bonds. The van der Waals surface area contributed by atoms with Gasteiger partial charge in [-0.15, -0.1) is 0 Å². The maximum Gasteiger partial charge on any atom is 0.311 e. The van der Waals surface area contributed by atoms with E-state index in [0.29, 0.717) is 17.3 Å². The van der Waals surface area contributed by atoms with Gasteiger partial charge in [-0.3, -0.25) is 14.4 Å². The fourth-order valence-electron chi connectivity index (χ4n) is 1.72. The molecule has 0 aromatic carbocycles. The highest BCUT2D eigenvalue weighted by Gasteiger charge is 2.50. The molecule has 2 N–H and O–H groups in total. The van der Waals surface area contributed by atoms with E-state index < -0.39 is 11.4 Å². The van der Waals surface area contributed by atoms with E-state index in [1.54, 1.807) is 6.07 Å². The number of nitrogens with zero attached hydrogens (tertiary/aromatic N) is 1. The Morgan fingerprint density at radius 1 is 1.42 bits per heavy atom. The topological polar surface area (TPSA) is 88.4 Å². The monoisotopic (exact) mass is 328 g/mol. The van der Waals surface area contributed by atoms with Gasteiger partial charge < -0.3 is 15.0 Å². The molecule has 2 rings (SSSR count). The lowest BCUT2D eigenvalue weighted by Gasteiger charge is -2.12. The second-order valence-corrected chi connectivity index (χ2v) is 5.59. The Bertz CT molecular complexity index is 577. The molecule has 1 aliphatic carbocycles. The van der Waals surface area contributed by atoms with E-state index in [2.05, 4.69) is 21.2 Å². The van der Waals surface area contributed by atoms with Gasteiger partial charge in [-0.05, 0) is 34.8 Å². The number of carbonyl (C=O) groups excluding carboxylic acids is 1. The van der Waals surface area contributed by atoms with Crippen LogP contribution in [0.3, 0.4) is 0 Å². The van der Waals surface area contributed by atoms with Gasteiger partial charge in [-0.1, -0.05) is 0 Å². The number of hydrogen-bond acceptors (Lipinski definition) is 3. The molecule has 0 aliphatic heterocycles. The zero-order chi connectivity index (χ0) is 14.0. The Balaban J connectivity index is 1.93. The Morgan fingerprint density at radius 3 is 2.68 bits per heavy atom. The fourth-order valence-corrected chi connectivity index (χ4v) is 2.10. The first-order valence-electron chi connectivity index (χ1n) is 5.79. The van der Waals surface area contributed by atoms with Gasteiger partial charge in [0.2, 0.25) is 5.91 Å². The van der Waals surface area contributed by atoms with Gasteiger partial charge >= 0.3 is 5.97 Å². The van der Waals surface area contributed by atoms with Crippen LogP contribution in [0, 0.1) is 5.41 Å². The molecule has 1 heterocycles. The fraction of sp³-hybridized carbons (Fsp3) is 0.417. The number of nitrogens with one attached hydrogen (secondary N) is 1. The Kier molecular flexibility index (Phi) is 3.75. The molecule has 19 heavy (non-hydrogen) atoms. The number of aliphatic carboxylic acids is 1. The number of carboxylic acids is 1. The molecule has 0 bridgehead atoms. The molecule has 1 aromatic rings. The lowest BCUT2D eigenvalue weighted by molar-refractivity contribution is -0.143. The minimum atomic E-state index is -0.882. The molecular formula is C12H13BrN2O4. The summed E-state index contributed by atoms with van der Waals surface area (Å²) in [5.74, 6) is -1.25. The number of halogens is 1. The van der Waals surface area contributed by atoms with Crippen molar-refractivity contribution in [2.24, 2.45) is 5.41 Å². The lowest BCUT2D eigenvalue weighted by atomic mass is 10.1. The quantitative estimate of drug-likeness (QED) is 0.828. The third-order valence-electron chi connectivity index (χ3n) is 3.19. The van der Waals surface area contributed by atoms with Gasteiger partial charge in [0, 0.05) is 23.3 Å². The van der Waals surface area contributed by atoms with Crippen molar-refractivity contribution in [1.29, 1.82) is 0 Å². The molecule has 0 radical (unpaired) electrons. The van der Waals surface area contributed by atoms with Crippen LogP contribution in [0.5, 0.6) is 0 Å². The van der Waals surface area contributed by atoms with Crippen LogP contribution in [0.15, 0.2) is 27.6 Å². The molecule has 6 nitrogen and oxygen atoms in total. The van der Waals surface area contributed by atoms with Gasteiger partial charge in [0.15, 0.2) is 0 Å². The van der Waals surface area contributed by atoms with Crippen LogP contribution in [0.1, 0.15) is 12.8 Å². The first-order valence-corrected chi connectivity index (χ1v) is 6.58. The molecule has 0 unspecified atom stereocenters. The second-order valence-electron chi connectivity index (χ2n) is 4.68. The highest BCUT2D eigenvalue weighted by atomic mass is 79.9. The van der Waals surface area contributed by atoms with Crippen molar-refractivity contribution in [3.8, 4) is 0 Å². The van der Waals surface area contributed by atoms with E-state index in [9.17, 15) is 14.4 Å². The summed E-state index contributed by atoms with van der Waals surface area (Å²) in [6, 6.07) is 2.96. The summed E-state index contributed by atoms with van der Waals surface area (Å²) in [6.45, 7) is -0.00209. The molecule has 0 saturated heterocycles. The van der Waals surface area contributed by atoms with Crippen LogP contribution in [0.2, 0.25) is 0 Å². The summed E-state index contributed by atoms with van der Waals surface area (Å²) < 4.78 is 1.96. The van der Waals surface area contributed by atoms with Gasteiger partial charge in [0.1, 0.15) is 6.54 Å². The summed E-state index contributed by atoms with van der Waals surface area (Å²) in [4.78, 5) is 34.1. The van der Waals surface area contributed by atoms with Crippen molar-refractivity contribution < 1.29 is 14.7 Å². The van der Waals surface area contributed by atoms with Crippen LogP contribution >= 0.6 is 15.9 Å². The molecule has 102 valence electrons. The predicted molar refractivity (Wildman–Crippen MR) is 70.7 cm³/mol. The minimum absolute atomic E-state index is 0.115. The summed E-state index contributed by atoms with van der Waals surface area (Å²) in [5, 5.41) is 11.5. The highest BCUT2D eigenvalue weighted by Crippen LogP contribution is 2.45.